The van der Waals surface area contributed by atoms with Crippen LogP contribution in [0.1, 0.15) is 44.5 Å². The Morgan fingerprint density at radius 1 is 1.42 bits per heavy atom. The topological polar surface area (TPSA) is 27.8 Å². The van der Waals surface area contributed by atoms with Crippen LogP contribution in [0, 0.1) is 5.41 Å². The number of H-pyrrole nitrogens is 1. The Morgan fingerprint density at radius 2 is 2.21 bits per heavy atom. The summed E-state index contributed by atoms with van der Waals surface area (Å²) in [6.07, 6.45) is 2.34. The second-order valence-electron chi connectivity index (χ2n) is 6.36. The summed E-state index contributed by atoms with van der Waals surface area (Å²) < 4.78 is 1.15. The van der Waals surface area contributed by atoms with E-state index in [4.69, 9.17) is 0 Å². The van der Waals surface area contributed by atoms with Crippen molar-refractivity contribution < 1.29 is 0 Å². The molecule has 2 nitrogen and oxygen atoms in total. The molecule has 0 saturated heterocycles. The van der Waals surface area contributed by atoms with E-state index in [1.165, 1.54) is 28.6 Å². The third-order valence-electron chi connectivity index (χ3n) is 4.09. The van der Waals surface area contributed by atoms with Crippen molar-refractivity contribution in [1.82, 2.24) is 10.3 Å². The summed E-state index contributed by atoms with van der Waals surface area (Å²) in [4.78, 5) is 3.63. The van der Waals surface area contributed by atoms with Crippen molar-refractivity contribution in [1.29, 1.82) is 0 Å². The predicted molar refractivity (Wildman–Crippen MR) is 84.5 cm³/mol. The Bertz CT molecular complexity index is 612. The quantitative estimate of drug-likeness (QED) is 0.834. The minimum atomic E-state index is 0.359. The lowest BCUT2D eigenvalue weighted by Crippen LogP contribution is -2.33. The molecule has 1 atom stereocenters. The van der Waals surface area contributed by atoms with Crippen LogP contribution in [-0.2, 0) is 6.42 Å². The highest BCUT2D eigenvalue weighted by Gasteiger charge is 2.34. The van der Waals surface area contributed by atoms with Crippen LogP contribution in [0.3, 0.4) is 0 Å². The molecule has 0 aliphatic heterocycles. The van der Waals surface area contributed by atoms with E-state index in [1.807, 2.05) is 0 Å². The van der Waals surface area contributed by atoms with E-state index in [9.17, 15) is 0 Å². The second-order valence-corrected chi connectivity index (χ2v) is 7.28. The van der Waals surface area contributed by atoms with Gasteiger partial charge in [-0.15, -0.1) is 0 Å². The number of aromatic amines is 1. The molecule has 1 heterocycles. The maximum Gasteiger partial charge on any atom is 0.0460 e. The van der Waals surface area contributed by atoms with Crippen molar-refractivity contribution in [2.24, 2.45) is 5.41 Å². The van der Waals surface area contributed by atoms with Gasteiger partial charge in [0.25, 0.3) is 0 Å². The average Bonchev–Trinajstić information content (AvgIpc) is 2.64. The summed E-state index contributed by atoms with van der Waals surface area (Å²) in [5.74, 6) is 0. The van der Waals surface area contributed by atoms with Crippen LogP contribution >= 0.6 is 15.9 Å². The van der Waals surface area contributed by atoms with Crippen LogP contribution in [0.25, 0.3) is 10.9 Å². The Morgan fingerprint density at radius 3 is 2.95 bits per heavy atom. The summed E-state index contributed by atoms with van der Waals surface area (Å²) in [7, 11) is 0. The number of hydrogen-bond donors (Lipinski definition) is 2. The number of fused-ring (bicyclic) bond motifs is 3. The zero-order valence-corrected chi connectivity index (χ0v) is 13.4. The summed E-state index contributed by atoms with van der Waals surface area (Å²) >= 11 is 3.59. The van der Waals surface area contributed by atoms with Gasteiger partial charge in [-0.1, -0.05) is 36.7 Å². The van der Waals surface area contributed by atoms with Gasteiger partial charge in [-0.3, -0.25) is 0 Å². The normalized spacial score (nSPS) is 21.6. The van der Waals surface area contributed by atoms with Crippen LogP contribution < -0.4 is 5.32 Å². The molecule has 0 saturated carbocycles. The zero-order valence-electron chi connectivity index (χ0n) is 11.8. The smallest absolute Gasteiger partial charge is 0.0460 e. The zero-order chi connectivity index (χ0) is 13.6. The third kappa shape index (κ3) is 2.34. The van der Waals surface area contributed by atoms with Crippen molar-refractivity contribution in [3.63, 3.8) is 0 Å². The molecule has 1 aromatic carbocycles. The monoisotopic (exact) mass is 320 g/mol. The second kappa shape index (κ2) is 4.64. The number of aromatic nitrogens is 1. The van der Waals surface area contributed by atoms with E-state index >= 15 is 0 Å². The fourth-order valence-electron chi connectivity index (χ4n) is 3.40. The largest absolute Gasteiger partial charge is 0.358 e. The maximum atomic E-state index is 3.66. The highest BCUT2D eigenvalue weighted by atomic mass is 79.9. The van der Waals surface area contributed by atoms with Gasteiger partial charge in [0, 0.05) is 27.1 Å². The van der Waals surface area contributed by atoms with Gasteiger partial charge in [0.2, 0.25) is 0 Å². The van der Waals surface area contributed by atoms with Crippen molar-refractivity contribution in [2.45, 2.75) is 39.7 Å². The molecule has 0 spiro atoms. The summed E-state index contributed by atoms with van der Waals surface area (Å²) in [5.41, 5.74) is 4.51. The summed E-state index contributed by atoms with van der Waals surface area (Å²) in [6.45, 7) is 7.93. The van der Waals surface area contributed by atoms with Crippen LogP contribution in [0.4, 0.5) is 0 Å². The number of benzene rings is 1. The number of hydrogen-bond acceptors (Lipinski definition) is 1. The molecular formula is C16H21BrN2. The number of nitrogens with one attached hydrogen (secondary N) is 2. The third-order valence-corrected chi connectivity index (χ3v) is 4.59. The van der Waals surface area contributed by atoms with Gasteiger partial charge in [-0.05, 0) is 48.6 Å². The SMILES string of the molecule is CCNC1CC(C)(C)Cc2[nH]c3ccc(Br)cc3c21. The van der Waals surface area contributed by atoms with Crippen molar-refractivity contribution in [3.05, 3.63) is 33.9 Å². The van der Waals surface area contributed by atoms with E-state index in [0.29, 0.717) is 11.5 Å². The van der Waals surface area contributed by atoms with Crippen molar-refractivity contribution in [3.8, 4) is 0 Å². The lowest BCUT2D eigenvalue weighted by molar-refractivity contribution is 0.259. The molecule has 1 aromatic heterocycles. The van der Waals surface area contributed by atoms with Crippen LogP contribution in [0.2, 0.25) is 0 Å². The molecule has 3 heteroatoms. The minimum absolute atomic E-state index is 0.359. The van der Waals surface area contributed by atoms with Crippen molar-refractivity contribution >= 4 is 26.8 Å². The Kier molecular flexibility index (Phi) is 3.22. The van der Waals surface area contributed by atoms with Gasteiger partial charge in [-0.25, -0.2) is 0 Å². The van der Waals surface area contributed by atoms with Crippen LogP contribution in [0.15, 0.2) is 22.7 Å². The van der Waals surface area contributed by atoms with E-state index in [2.05, 4.69) is 65.2 Å². The van der Waals surface area contributed by atoms with Gasteiger partial charge in [0.1, 0.15) is 0 Å². The first-order chi connectivity index (χ1) is 9.00. The van der Waals surface area contributed by atoms with Gasteiger partial charge in [-0.2, -0.15) is 0 Å². The first-order valence-electron chi connectivity index (χ1n) is 7.03. The standard InChI is InChI=1S/C16H21BrN2/c1-4-18-13-8-16(2,3)9-14-15(13)11-7-10(17)5-6-12(11)19-14/h5-7,13,18-19H,4,8-9H2,1-3H3. The van der Waals surface area contributed by atoms with Crippen LogP contribution in [0.5, 0.6) is 0 Å². The molecule has 19 heavy (non-hydrogen) atoms. The Balaban J connectivity index is 2.19. The number of halogens is 1. The Hall–Kier alpha value is -0.800. The molecule has 0 amide bonds. The maximum absolute atomic E-state index is 3.66. The van der Waals surface area contributed by atoms with Gasteiger partial charge >= 0.3 is 0 Å². The van der Waals surface area contributed by atoms with Gasteiger partial charge in [0.05, 0.1) is 0 Å². The van der Waals surface area contributed by atoms with Gasteiger partial charge in [0.15, 0.2) is 0 Å². The molecule has 2 N–H and O–H groups in total. The number of rotatable bonds is 2. The fraction of sp³-hybridized carbons (Fsp3) is 0.500. The van der Waals surface area contributed by atoms with Crippen LogP contribution in [-0.4, -0.2) is 11.5 Å². The average molecular weight is 321 g/mol. The van der Waals surface area contributed by atoms with Gasteiger partial charge < -0.3 is 10.3 Å². The molecule has 0 bridgehead atoms. The molecule has 1 aliphatic carbocycles. The van der Waals surface area contributed by atoms with E-state index in [-0.39, 0.29) is 0 Å². The molecule has 3 rings (SSSR count). The lowest BCUT2D eigenvalue weighted by Gasteiger charge is -2.36. The molecule has 2 aromatic rings. The van der Waals surface area contributed by atoms with E-state index in [0.717, 1.165) is 17.4 Å². The Labute approximate surface area is 123 Å². The summed E-state index contributed by atoms with van der Waals surface area (Å²) in [5, 5.41) is 5.03. The first-order valence-corrected chi connectivity index (χ1v) is 7.83. The molecule has 1 aliphatic rings. The minimum Gasteiger partial charge on any atom is -0.358 e. The summed E-state index contributed by atoms with van der Waals surface area (Å²) in [6, 6.07) is 6.99. The fourth-order valence-corrected chi connectivity index (χ4v) is 3.77. The molecule has 0 fully saturated rings. The predicted octanol–water partition coefficient (Wildman–Crippen LogP) is 4.55. The van der Waals surface area contributed by atoms with Crippen molar-refractivity contribution in [2.75, 3.05) is 6.54 Å². The van der Waals surface area contributed by atoms with E-state index in [1.54, 1.807) is 0 Å². The lowest BCUT2D eigenvalue weighted by atomic mass is 9.74. The van der Waals surface area contributed by atoms with E-state index < -0.39 is 0 Å². The first kappa shape index (κ1) is 13.2. The molecular weight excluding hydrogens is 300 g/mol. The molecule has 102 valence electrons. The highest BCUT2D eigenvalue weighted by Crippen LogP contribution is 2.44. The molecule has 0 radical (unpaired) electrons. The highest BCUT2D eigenvalue weighted by molar-refractivity contribution is 9.10. The molecule has 1 unspecified atom stereocenters.